The van der Waals surface area contributed by atoms with Crippen LogP contribution < -0.4 is 16.6 Å². The van der Waals surface area contributed by atoms with Crippen molar-refractivity contribution in [3.63, 3.8) is 0 Å². The van der Waals surface area contributed by atoms with Crippen molar-refractivity contribution >= 4 is 5.97 Å². The summed E-state index contributed by atoms with van der Waals surface area (Å²) in [5.41, 5.74) is -1.12. The van der Waals surface area contributed by atoms with Crippen molar-refractivity contribution in [3.05, 3.63) is 33.1 Å². The molecule has 0 spiro atoms. The first kappa shape index (κ1) is 13.2. The molecule has 0 radical (unpaired) electrons. The molecule has 17 heavy (non-hydrogen) atoms. The fraction of sp³-hybridized carbons (Fsp3) is 0.500. The number of carbonyl (C=O) groups is 1. The topological polar surface area (TPSA) is 104 Å². The number of aliphatic carboxylic acids is 1. The molecule has 0 aliphatic heterocycles. The molecule has 94 valence electrons. The zero-order valence-electron chi connectivity index (χ0n) is 9.64. The standard InChI is InChI=1S/C10H15N3O4/c1-6(2)11-7(9(15)16)5-13-4-3-8(14)12-10(13)17/h3-4,6-7,11H,5H2,1-2H3,(H,15,16)(H,12,14,17). The zero-order chi connectivity index (χ0) is 13.0. The molecule has 7 heteroatoms. The highest BCUT2D eigenvalue weighted by molar-refractivity contribution is 5.73. The number of carboxylic acid groups (broad SMARTS) is 1. The Bertz CT molecular complexity index is 503. The second-order valence-electron chi connectivity index (χ2n) is 3.97. The van der Waals surface area contributed by atoms with E-state index in [4.69, 9.17) is 5.11 Å². The van der Waals surface area contributed by atoms with Crippen LogP contribution in [-0.4, -0.2) is 32.7 Å². The third-order valence-electron chi connectivity index (χ3n) is 2.11. The normalized spacial score (nSPS) is 12.6. The zero-order valence-corrected chi connectivity index (χ0v) is 9.64. The van der Waals surface area contributed by atoms with E-state index in [1.807, 2.05) is 13.8 Å². The lowest BCUT2D eigenvalue weighted by molar-refractivity contribution is -0.140. The van der Waals surface area contributed by atoms with E-state index in [0.29, 0.717) is 0 Å². The lowest BCUT2D eigenvalue weighted by Gasteiger charge is -2.17. The Morgan fingerprint density at radius 1 is 1.53 bits per heavy atom. The van der Waals surface area contributed by atoms with E-state index in [-0.39, 0.29) is 12.6 Å². The summed E-state index contributed by atoms with van der Waals surface area (Å²) in [6.07, 6.45) is 1.28. The Morgan fingerprint density at radius 3 is 2.65 bits per heavy atom. The number of carboxylic acids is 1. The average Bonchev–Trinajstić information content (AvgIpc) is 2.19. The number of hydrogen-bond donors (Lipinski definition) is 3. The highest BCUT2D eigenvalue weighted by Gasteiger charge is 2.18. The smallest absolute Gasteiger partial charge is 0.328 e. The number of H-pyrrole nitrogens is 1. The van der Waals surface area contributed by atoms with Gasteiger partial charge < -0.3 is 10.4 Å². The number of hydrogen-bond acceptors (Lipinski definition) is 4. The molecule has 1 heterocycles. The van der Waals surface area contributed by atoms with Crippen LogP contribution in [0.3, 0.4) is 0 Å². The second-order valence-corrected chi connectivity index (χ2v) is 3.97. The van der Waals surface area contributed by atoms with Crippen LogP contribution in [0.2, 0.25) is 0 Å². The Kier molecular flexibility index (Phi) is 4.22. The van der Waals surface area contributed by atoms with Gasteiger partial charge in [-0.3, -0.25) is 19.1 Å². The SMILES string of the molecule is CC(C)NC(Cn1ccc(=O)[nH]c1=O)C(=O)O. The first-order valence-corrected chi connectivity index (χ1v) is 5.18. The Labute approximate surface area is 97.1 Å². The summed E-state index contributed by atoms with van der Waals surface area (Å²) < 4.78 is 1.15. The maximum absolute atomic E-state index is 11.4. The summed E-state index contributed by atoms with van der Waals surface area (Å²) in [6, 6.07) is 0.281. The third-order valence-corrected chi connectivity index (χ3v) is 2.11. The minimum absolute atomic E-state index is 0.0189. The number of rotatable bonds is 5. The van der Waals surface area contributed by atoms with Gasteiger partial charge in [0.05, 0.1) is 6.54 Å². The van der Waals surface area contributed by atoms with Gasteiger partial charge in [-0.2, -0.15) is 0 Å². The van der Waals surface area contributed by atoms with Crippen LogP contribution in [0.15, 0.2) is 21.9 Å². The number of nitrogens with one attached hydrogen (secondary N) is 2. The average molecular weight is 241 g/mol. The van der Waals surface area contributed by atoms with Gasteiger partial charge in [0.15, 0.2) is 0 Å². The molecular weight excluding hydrogens is 226 g/mol. The van der Waals surface area contributed by atoms with Gasteiger partial charge in [-0.1, -0.05) is 13.8 Å². The van der Waals surface area contributed by atoms with Crippen LogP contribution in [0.25, 0.3) is 0 Å². The van der Waals surface area contributed by atoms with Crippen molar-refractivity contribution < 1.29 is 9.90 Å². The van der Waals surface area contributed by atoms with Gasteiger partial charge in [0, 0.05) is 18.3 Å². The number of aromatic nitrogens is 2. The Hall–Kier alpha value is -1.89. The molecule has 1 unspecified atom stereocenters. The van der Waals surface area contributed by atoms with Crippen molar-refractivity contribution in [1.82, 2.24) is 14.9 Å². The molecular formula is C10H15N3O4. The lowest BCUT2D eigenvalue weighted by Crippen LogP contribution is -2.46. The maximum atomic E-state index is 11.4. The molecule has 0 aliphatic carbocycles. The maximum Gasteiger partial charge on any atom is 0.328 e. The highest BCUT2D eigenvalue weighted by Crippen LogP contribution is 1.92. The third kappa shape index (κ3) is 3.87. The van der Waals surface area contributed by atoms with Crippen molar-refractivity contribution in [1.29, 1.82) is 0 Å². The first-order chi connectivity index (χ1) is 7.90. The quantitative estimate of drug-likeness (QED) is 0.612. The van der Waals surface area contributed by atoms with Crippen molar-refractivity contribution in [2.24, 2.45) is 0 Å². The van der Waals surface area contributed by atoms with Crippen LogP contribution in [0, 0.1) is 0 Å². The molecule has 0 fully saturated rings. The lowest BCUT2D eigenvalue weighted by atomic mass is 10.2. The summed E-state index contributed by atoms with van der Waals surface area (Å²) >= 11 is 0. The van der Waals surface area contributed by atoms with Gasteiger partial charge in [-0.05, 0) is 0 Å². The molecule has 0 aromatic carbocycles. The highest BCUT2D eigenvalue weighted by atomic mass is 16.4. The molecule has 1 aromatic rings. The summed E-state index contributed by atoms with van der Waals surface area (Å²) in [4.78, 5) is 35.2. The minimum atomic E-state index is -1.04. The Balaban J connectivity index is 2.90. The van der Waals surface area contributed by atoms with Gasteiger partial charge in [0.2, 0.25) is 0 Å². The van der Waals surface area contributed by atoms with E-state index in [1.165, 1.54) is 12.3 Å². The molecule has 0 amide bonds. The number of nitrogens with zero attached hydrogens (tertiary/aromatic N) is 1. The fourth-order valence-corrected chi connectivity index (χ4v) is 1.39. The molecule has 3 N–H and O–H groups in total. The molecule has 1 aromatic heterocycles. The summed E-state index contributed by atoms with van der Waals surface area (Å²) in [5, 5.41) is 11.8. The van der Waals surface area contributed by atoms with Gasteiger partial charge in [-0.25, -0.2) is 4.79 Å². The van der Waals surface area contributed by atoms with E-state index >= 15 is 0 Å². The van der Waals surface area contributed by atoms with Crippen LogP contribution in [-0.2, 0) is 11.3 Å². The number of aromatic amines is 1. The molecule has 0 saturated carbocycles. The fourth-order valence-electron chi connectivity index (χ4n) is 1.39. The van der Waals surface area contributed by atoms with Crippen molar-refractivity contribution in [3.8, 4) is 0 Å². The van der Waals surface area contributed by atoms with E-state index in [1.54, 1.807) is 0 Å². The monoisotopic (exact) mass is 241 g/mol. The van der Waals surface area contributed by atoms with Crippen LogP contribution in [0.5, 0.6) is 0 Å². The van der Waals surface area contributed by atoms with E-state index < -0.39 is 23.3 Å². The van der Waals surface area contributed by atoms with E-state index in [0.717, 1.165) is 4.57 Å². The largest absolute Gasteiger partial charge is 0.480 e. The van der Waals surface area contributed by atoms with Gasteiger partial charge in [-0.15, -0.1) is 0 Å². The molecule has 0 aliphatic rings. The molecule has 0 bridgehead atoms. The van der Waals surface area contributed by atoms with Crippen LogP contribution >= 0.6 is 0 Å². The minimum Gasteiger partial charge on any atom is -0.480 e. The predicted molar refractivity (Wildman–Crippen MR) is 61.0 cm³/mol. The van der Waals surface area contributed by atoms with Crippen LogP contribution in [0.1, 0.15) is 13.8 Å². The van der Waals surface area contributed by atoms with Gasteiger partial charge >= 0.3 is 11.7 Å². The Morgan fingerprint density at radius 2 is 2.18 bits per heavy atom. The van der Waals surface area contributed by atoms with E-state index in [2.05, 4.69) is 10.3 Å². The molecule has 0 saturated heterocycles. The first-order valence-electron chi connectivity index (χ1n) is 5.18. The van der Waals surface area contributed by atoms with E-state index in [9.17, 15) is 14.4 Å². The van der Waals surface area contributed by atoms with Crippen LogP contribution in [0.4, 0.5) is 0 Å². The molecule has 1 rings (SSSR count). The molecule has 1 atom stereocenters. The second kappa shape index (κ2) is 5.44. The predicted octanol–water partition coefficient (Wildman–Crippen LogP) is -1.01. The van der Waals surface area contributed by atoms with Gasteiger partial charge in [0.25, 0.3) is 5.56 Å². The molecule has 7 nitrogen and oxygen atoms in total. The summed E-state index contributed by atoms with van der Waals surface area (Å²) in [6.45, 7) is 3.58. The summed E-state index contributed by atoms with van der Waals surface area (Å²) in [5.74, 6) is -1.04. The van der Waals surface area contributed by atoms with Crippen molar-refractivity contribution in [2.75, 3.05) is 0 Å². The van der Waals surface area contributed by atoms with Gasteiger partial charge in [0.1, 0.15) is 6.04 Å². The van der Waals surface area contributed by atoms with Crippen molar-refractivity contribution in [2.45, 2.75) is 32.5 Å². The summed E-state index contributed by atoms with van der Waals surface area (Å²) in [7, 11) is 0.